The number of aliphatic hydroxyl groups is 1. The van der Waals surface area contributed by atoms with Gasteiger partial charge in [-0.2, -0.15) is 0 Å². The summed E-state index contributed by atoms with van der Waals surface area (Å²) in [6.07, 6.45) is 0. The van der Waals surface area contributed by atoms with Crippen LogP contribution >= 0.6 is 0 Å². The number of halogens is 1. The highest BCUT2D eigenvalue weighted by atomic mass is 19.1. The van der Waals surface area contributed by atoms with Crippen molar-refractivity contribution >= 4 is 0 Å². The summed E-state index contributed by atoms with van der Waals surface area (Å²) in [6, 6.07) is 3.41. The van der Waals surface area contributed by atoms with E-state index in [2.05, 4.69) is 0 Å². The first kappa shape index (κ1) is 16.5. The Morgan fingerprint density at radius 3 is 1.93 bits per heavy atom. The third-order valence-electron chi connectivity index (χ3n) is 1.64. The van der Waals surface area contributed by atoms with Crippen LogP contribution in [-0.4, -0.2) is 5.11 Å². The summed E-state index contributed by atoms with van der Waals surface area (Å²) in [4.78, 5) is 0. The van der Waals surface area contributed by atoms with E-state index < -0.39 is 0 Å². The minimum Gasteiger partial charge on any atom is -0.392 e. The molecule has 1 nitrogen and oxygen atoms in total. The van der Waals surface area contributed by atoms with Gasteiger partial charge in [0, 0.05) is 5.56 Å². The second-order valence-electron chi connectivity index (χ2n) is 2.71. The van der Waals surface area contributed by atoms with Crippen LogP contribution in [0.2, 0.25) is 0 Å². The highest BCUT2D eigenvalue weighted by molar-refractivity contribution is 5.29. The molecular weight excluding hydrogens is 191 g/mol. The zero-order valence-electron chi connectivity index (χ0n) is 10.7. The average molecular weight is 214 g/mol. The van der Waals surface area contributed by atoms with Crippen molar-refractivity contribution in [2.75, 3.05) is 0 Å². The summed E-state index contributed by atoms with van der Waals surface area (Å²) in [5.41, 5.74) is 1.95. The largest absolute Gasteiger partial charge is 0.392 e. The fourth-order valence-electron chi connectivity index (χ4n) is 1.15. The smallest absolute Gasteiger partial charge is 0.131 e. The van der Waals surface area contributed by atoms with E-state index in [1.165, 1.54) is 0 Å². The van der Waals surface area contributed by atoms with Crippen LogP contribution in [0.5, 0.6) is 0 Å². The van der Waals surface area contributed by atoms with Crippen molar-refractivity contribution in [1.82, 2.24) is 0 Å². The van der Waals surface area contributed by atoms with E-state index in [9.17, 15) is 4.39 Å². The third kappa shape index (κ3) is 5.53. The molecule has 0 aliphatic heterocycles. The quantitative estimate of drug-likeness (QED) is 0.749. The number of rotatable bonds is 1. The fourth-order valence-corrected chi connectivity index (χ4v) is 1.15. The van der Waals surface area contributed by atoms with E-state index in [-0.39, 0.29) is 12.4 Å². The molecule has 0 atom stereocenters. The Labute approximate surface area is 93.0 Å². The molecule has 0 saturated heterocycles. The molecule has 15 heavy (non-hydrogen) atoms. The van der Waals surface area contributed by atoms with Gasteiger partial charge >= 0.3 is 0 Å². The summed E-state index contributed by atoms with van der Waals surface area (Å²) in [5.74, 6) is -0.293. The molecule has 0 aliphatic carbocycles. The van der Waals surface area contributed by atoms with Crippen molar-refractivity contribution in [3.05, 3.63) is 34.6 Å². The van der Waals surface area contributed by atoms with Crippen molar-refractivity contribution in [2.24, 2.45) is 0 Å². The summed E-state index contributed by atoms with van der Waals surface area (Å²) in [5, 5.41) is 8.73. The summed E-state index contributed by atoms with van der Waals surface area (Å²) in [6.45, 7) is 11.3. The van der Waals surface area contributed by atoms with Gasteiger partial charge in [0.1, 0.15) is 5.82 Å². The van der Waals surface area contributed by atoms with Crippen LogP contribution in [0.25, 0.3) is 0 Å². The SMILES string of the molecule is CC.CC.Cc1cc(C)c(F)c(CO)c1. The molecule has 0 spiro atoms. The normalized spacial score (nSPS) is 8.27. The predicted molar refractivity (Wildman–Crippen MR) is 64.5 cm³/mol. The van der Waals surface area contributed by atoms with E-state index >= 15 is 0 Å². The summed E-state index contributed by atoms with van der Waals surface area (Å²) >= 11 is 0. The molecule has 0 aliphatic rings. The zero-order valence-corrected chi connectivity index (χ0v) is 10.7. The summed E-state index contributed by atoms with van der Waals surface area (Å²) in [7, 11) is 0. The molecule has 1 aromatic rings. The van der Waals surface area contributed by atoms with E-state index in [1.54, 1.807) is 19.1 Å². The molecule has 0 radical (unpaired) electrons. The van der Waals surface area contributed by atoms with Crippen LogP contribution in [0.1, 0.15) is 44.4 Å². The first-order valence-electron chi connectivity index (χ1n) is 5.51. The van der Waals surface area contributed by atoms with Gasteiger partial charge in [-0.05, 0) is 19.4 Å². The van der Waals surface area contributed by atoms with Crippen LogP contribution in [0.3, 0.4) is 0 Å². The lowest BCUT2D eigenvalue weighted by molar-refractivity contribution is 0.275. The molecule has 0 aromatic heterocycles. The van der Waals surface area contributed by atoms with Gasteiger partial charge in [-0.25, -0.2) is 4.39 Å². The second-order valence-corrected chi connectivity index (χ2v) is 2.71. The van der Waals surface area contributed by atoms with Crippen molar-refractivity contribution < 1.29 is 9.50 Å². The minimum absolute atomic E-state index is 0.228. The van der Waals surface area contributed by atoms with Gasteiger partial charge in [-0.15, -0.1) is 0 Å². The second kappa shape index (κ2) is 9.66. The Balaban J connectivity index is 0. The molecule has 1 aromatic carbocycles. The number of benzene rings is 1. The molecular formula is C13H23FO. The maximum absolute atomic E-state index is 13.0. The summed E-state index contributed by atoms with van der Waals surface area (Å²) < 4.78 is 13.0. The maximum Gasteiger partial charge on any atom is 0.131 e. The number of aliphatic hydroxyl groups excluding tert-OH is 1. The van der Waals surface area contributed by atoms with Crippen LogP contribution in [-0.2, 0) is 6.61 Å². The molecule has 0 heterocycles. The Bertz CT molecular complexity index is 269. The lowest BCUT2D eigenvalue weighted by Crippen LogP contribution is -1.94. The highest BCUT2D eigenvalue weighted by Gasteiger charge is 2.03. The van der Waals surface area contributed by atoms with Crippen LogP contribution in [0.4, 0.5) is 4.39 Å². The van der Waals surface area contributed by atoms with Gasteiger partial charge in [0.15, 0.2) is 0 Å². The van der Waals surface area contributed by atoms with Gasteiger partial charge in [0.05, 0.1) is 6.61 Å². The highest BCUT2D eigenvalue weighted by Crippen LogP contribution is 2.14. The topological polar surface area (TPSA) is 20.2 Å². The average Bonchev–Trinajstić information content (AvgIpc) is 2.29. The molecule has 0 bridgehead atoms. The number of hydrogen-bond donors (Lipinski definition) is 1. The van der Waals surface area contributed by atoms with Crippen molar-refractivity contribution in [3.63, 3.8) is 0 Å². The zero-order chi connectivity index (χ0) is 12.4. The molecule has 0 unspecified atom stereocenters. The lowest BCUT2D eigenvalue weighted by Gasteiger charge is -2.03. The molecule has 1 N–H and O–H groups in total. The number of hydrogen-bond acceptors (Lipinski definition) is 1. The van der Waals surface area contributed by atoms with E-state index in [0.29, 0.717) is 11.1 Å². The Hall–Kier alpha value is -0.890. The Morgan fingerprint density at radius 2 is 1.53 bits per heavy atom. The van der Waals surface area contributed by atoms with Gasteiger partial charge in [-0.1, -0.05) is 45.4 Å². The Kier molecular flexibility index (Phi) is 10.6. The molecule has 2 heteroatoms. The van der Waals surface area contributed by atoms with E-state index in [0.717, 1.165) is 5.56 Å². The first-order chi connectivity index (χ1) is 7.15. The van der Waals surface area contributed by atoms with Crippen molar-refractivity contribution in [3.8, 4) is 0 Å². The lowest BCUT2D eigenvalue weighted by atomic mass is 10.1. The third-order valence-corrected chi connectivity index (χ3v) is 1.64. The molecule has 1 rings (SSSR count). The molecule has 0 saturated carbocycles. The van der Waals surface area contributed by atoms with Gasteiger partial charge < -0.3 is 5.11 Å². The predicted octanol–water partition coefficient (Wildman–Crippen LogP) is 3.99. The first-order valence-corrected chi connectivity index (χ1v) is 5.51. The monoisotopic (exact) mass is 214 g/mol. The molecule has 88 valence electrons. The van der Waals surface area contributed by atoms with Crippen molar-refractivity contribution in [1.29, 1.82) is 0 Å². The van der Waals surface area contributed by atoms with E-state index in [1.807, 2.05) is 34.6 Å². The Morgan fingerprint density at radius 1 is 1.07 bits per heavy atom. The van der Waals surface area contributed by atoms with Gasteiger partial charge in [0.25, 0.3) is 0 Å². The van der Waals surface area contributed by atoms with Gasteiger partial charge in [-0.3, -0.25) is 0 Å². The van der Waals surface area contributed by atoms with Crippen LogP contribution in [0.15, 0.2) is 12.1 Å². The fraction of sp³-hybridized carbons (Fsp3) is 0.538. The molecule has 0 amide bonds. The molecule has 0 fully saturated rings. The maximum atomic E-state index is 13.0. The minimum atomic E-state index is -0.293. The van der Waals surface area contributed by atoms with Gasteiger partial charge in [0.2, 0.25) is 0 Å². The standard InChI is InChI=1S/C9H11FO.2C2H6/c1-6-3-7(2)9(10)8(4-6)5-11;2*1-2/h3-4,11H,5H2,1-2H3;2*1-2H3. The van der Waals surface area contributed by atoms with E-state index in [4.69, 9.17) is 5.11 Å². The van der Waals surface area contributed by atoms with Crippen LogP contribution in [0, 0.1) is 19.7 Å². The van der Waals surface area contributed by atoms with Crippen molar-refractivity contribution in [2.45, 2.75) is 48.1 Å². The number of aryl methyl sites for hydroxylation is 2. The van der Waals surface area contributed by atoms with Crippen LogP contribution < -0.4 is 0 Å².